The lowest BCUT2D eigenvalue weighted by atomic mass is 10.6. The van der Waals surface area contributed by atoms with E-state index in [4.69, 9.17) is 0 Å². The predicted octanol–water partition coefficient (Wildman–Crippen LogP) is -0.411. The Morgan fingerprint density at radius 2 is 2.12 bits per heavy atom. The van der Waals surface area contributed by atoms with Crippen molar-refractivity contribution in [3.05, 3.63) is 0 Å². The van der Waals surface area contributed by atoms with Crippen LogP contribution in [0.25, 0.3) is 0 Å². The Labute approximate surface area is 59.5 Å². The van der Waals surface area contributed by atoms with Crippen LogP contribution in [-0.2, 0) is 0 Å². The molecule has 0 heterocycles. The van der Waals surface area contributed by atoms with Crippen molar-refractivity contribution in [3.8, 4) is 0 Å². The number of rotatable bonds is 4. The Morgan fingerprint density at radius 1 is 1.50 bits per heavy atom. The molecule has 0 aliphatic heterocycles. The van der Waals surface area contributed by atoms with Gasteiger partial charge in [0.25, 0.3) is 0 Å². The van der Waals surface area contributed by atoms with E-state index < -0.39 is 0 Å². The molecule has 0 aromatic heterocycles. The molecular formula is C5H18Si3. The second-order valence-corrected chi connectivity index (χ2v) is 19.7. The third-order valence-corrected chi connectivity index (χ3v) is 22.4. The van der Waals surface area contributed by atoms with Crippen molar-refractivity contribution in [2.24, 2.45) is 0 Å². The monoisotopic (exact) mass is 162 g/mol. The van der Waals surface area contributed by atoms with Crippen molar-refractivity contribution in [2.45, 2.75) is 32.4 Å². The van der Waals surface area contributed by atoms with E-state index >= 15 is 0 Å². The summed E-state index contributed by atoms with van der Waals surface area (Å²) >= 11 is 0. The zero-order chi connectivity index (χ0) is 6.41. The predicted molar refractivity (Wildman–Crippen MR) is 51.2 cm³/mol. The van der Waals surface area contributed by atoms with Gasteiger partial charge in [-0.05, 0) is 18.3 Å². The molecule has 0 radical (unpaired) electrons. The molecule has 0 aromatic carbocycles. The molecule has 0 aromatic rings. The molecule has 1 atom stereocenters. The van der Waals surface area contributed by atoms with Gasteiger partial charge in [0.1, 0.15) is 0 Å². The quantitative estimate of drug-likeness (QED) is 0.493. The van der Waals surface area contributed by atoms with Crippen LogP contribution in [0.3, 0.4) is 0 Å². The number of hydrogen-bond donors (Lipinski definition) is 0. The minimum Gasteiger partial charge on any atom is -0.0683 e. The molecule has 0 amide bonds. The van der Waals surface area contributed by atoms with Crippen molar-refractivity contribution in [1.29, 1.82) is 0 Å². The molecule has 8 heavy (non-hydrogen) atoms. The fraction of sp³-hybridized carbons (Fsp3) is 1.00. The van der Waals surface area contributed by atoms with Crippen LogP contribution in [0.1, 0.15) is 20.3 Å². The van der Waals surface area contributed by atoms with Crippen LogP contribution in [0.2, 0.25) is 12.1 Å². The highest BCUT2D eigenvalue weighted by molar-refractivity contribution is 7.31. The fourth-order valence-corrected chi connectivity index (χ4v) is 16.4. The van der Waals surface area contributed by atoms with Gasteiger partial charge in [-0.2, -0.15) is 0 Å². The van der Waals surface area contributed by atoms with E-state index in [1.54, 1.807) is 21.8 Å². The highest BCUT2D eigenvalue weighted by Crippen LogP contribution is 1.98. The van der Waals surface area contributed by atoms with Gasteiger partial charge in [0.2, 0.25) is 0 Å². The molecule has 0 rings (SSSR count). The van der Waals surface area contributed by atoms with E-state index in [2.05, 4.69) is 13.8 Å². The maximum absolute atomic E-state index is 2.40. The minimum absolute atomic E-state index is 0.00849. The van der Waals surface area contributed by atoms with Gasteiger partial charge in [0.15, 0.2) is 0 Å². The van der Waals surface area contributed by atoms with Gasteiger partial charge in [-0.15, -0.1) is 0 Å². The highest BCUT2D eigenvalue weighted by Gasteiger charge is 2.01. The first-order valence-corrected chi connectivity index (χ1v) is 14.4. The second-order valence-electron chi connectivity index (χ2n) is 2.47. The second kappa shape index (κ2) is 5.78. The van der Waals surface area contributed by atoms with Crippen LogP contribution in [0.15, 0.2) is 0 Å². The molecule has 0 aliphatic rings. The summed E-state index contributed by atoms with van der Waals surface area (Å²) in [5, 5.41) is 0. The van der Waals surface area contributed by atoms with Gasteiger partial charge in [0.05, 0.1) is 0 Å². The first-order valence-electron chi connectivity index (χ1n) is 3.85. The molecule has 0 aliphatic carbocycles. The molecule has 0 fully saturated rings. The van der Waals surface area contributed by atoms with E-state index in [0.29, 0.717) is 8.55 Å². The Bertz CT molecular complexity index is 42.9. The maximum Gasteiger partial charge on any atom is 0.0204 e. The van der Waals surface area contributed by atoms with Gasteiger partial charge in [-0.1, -0.05) is 32.4 Å². The molecule has 0 saturated heterocycles. The van der Waals surface area contributed by atoms with E-state index in [0.717, 1.165) is 0 Å². The Morgan fingerprint density at radius 3 is 2.25 bits per heavy atom. The first-order chi connectivity index (χ1) is 3.85. The highest BCUT2D eigenvalue weighted by atomic mass is 29.5. The van der Waals surface area contributed by atoms with Crippen LogP contribution in [-0.4, -0.2) is 26.6 Å². The first kappa shape index (κ1) is 8.65. The van der Waals surface area contributed by atoms with Crippen LogP contribution in [0.5, 0.6) is 0 Å². The fourth-order valence-electron chi connectivity index (χ4n) is 1.11. The molecular weight excluding hydrogens is 144 g/mol. The van der Waals surface area contributed by atoms with E-state index in [-0.39, 0.29) is 8.31 Å². The molecule has 50 valence electrons. The molecule has 0 N–H and O–H groups in total. The third-order valence-electron chi connectivity index (χ3n) is 1.85. The summed E-state index contributed by atoms with van der Waals surface area (Å²) in [4.78, 5) is 0. The zero-order valence-electron chi connectivity index (χ0n) is 6.41. The summed E-state index contributed by atoms with van der Waals surface area (Å²) in [5.74, 6) is 0. The Hall–Kier alpha value is 0.651. The topological polar surface area (TPSA) is 0 Å². The average Bonchev–Trinajstić information content (AvgIpc) is 1.83. The summed E-state index contributed by atoms with van der Waals surface area (Å²) < 4.78 is 0. The molecule has 3 heteroatoms. The third kappa shape index (κ3) is 3.63. The summed E-state index contributed by atoms with van der Waals surface area (Å²) in [6, 6.07) is 3.26. The Kier molecular flexibility index (Phi) is 6.25. The minimum atomic E-state index is 0.00849. The van der Waals surface area contributed by atoms with E-state index in [9.17, 15) is 0 Å². The molecule has 1 unspecified atom stereocenters. The van der Waals surface area contributed by atoms with Crippen molar-refractivity contribution >= 4 is 26.6 Å². The number of hydrogen-bond acceptors (Lipinski definition) is 0. The molecule has 0 saturated carbocycles. The molecule has 0 nitrogen and oxygen atoms in total. The lowest BCUT2D eigenvalue weighted by Gasteiger charge is -2.05. The van der Waals surface area contributed by atoms with Gasteiger partial charge in [-0.3, -0.25) is 0 Å². The Balaban J connectivity index is 3.07. The molecule has 0 bridgehead atoms. The maximum atomic E-state index is 2.40. The smallest absolute Gasteiger partial charge is 0.0204 e. The van der Waals surface area contributed by atoms with Crippen LogP contribution >= 0.6 is 0 Å². The lowest BCUT2D eigenvalue weighted by molar-refractivity contribution is 1.06. The summed E-state index contributed by atoms with van der Waals surface area (Å²) in [6.45, 7) is 4.73. The van der Waals surface area contributed by atoms with Crippen LogP contribution < -0.4 is 0 Å². The largest absolute Gasteiger partial charge is 0.0683 e. The summed E-state index contributed by atoms with van der Waals surface area (Å²) in [7, 11) is 2.20. The van der Waals surface area contributed by atoms with Gasteiger partial charge >= 0.3 is 0 Å². The van der Waals surface area contributed by atoms with Gasteiger partial charge in [-0.25, -0.2) is 0 Å². The zero-order valence-corrected chi connectivity index (χ0v) is 11.0. The van der Waals surface area contributed by atoms with Crippen molar-refractivity contribution in [1.82, 2.24) is 0 Å². The summed E-state index contributed by atoms with van der Waals surface area (Å²) in [5.41, 5.74) is 0. The van der Waals surface area contributed by atoms with Crippen molar-refractivity contribution < 1.29 is 0 Å². The van der Waals surface area contributed by atoms with Crippen molar-refractivity contribution in [2.75, 3.05) is 0 Å². The van der Waals surface area contributed by atoms with Crippen LogP contribution in [0, 0.1) is 0 Å². The lowest BCUT2D eigenvalue weighted by Crippen LogP contribution is -2.20. The van der Waals surface area contributed by atoms with E-state index in [1.165, 1.54) is 6.42 Å². The SMILES string of the molecule is CCC[SiH](CC)[SiH2][SiH3]. The van der Waals surface area contributed by atoms with Gasteiger partial charge < -0.3 is 0 Å². The van der Waals surface area contributed by atoms with Gasteiger partial charge in [0, 0.05) is 8.31 Å². The molecule has 0 spiro atoms. The average molecular weight is 162 g/mol. The normalized spacial score (nSPS) is 15.8. The van der Waals surface area contributed by atoms with Crippen molar-refractivity contribution in [3.63, 3.8) is 0 Å². The van der Waals surface area contributed by atoms with E-state index in [1.807, 2.05) is 0 Å². The standard InChI is InChI=1S/C5H18Si3/c1-3-5-8(4-2)7-6/h8H,3-5,7H2,1-2,6H3. The summed E-state index contributed by atoms with van der Waals surface area (Å²) in [6.07, 6.45) is 1.47. The van der Waals surface area contributed by atoms with Crippen LogP contribution in [0.4, 0.5) is 0 Å².